The first-order chi connectivity index (χ1) is 13.0. The van der Waals surface area contributed by atoms with Gasteiger partial charge in [0.2, 0.25) is 0 Å². The van der Waals surface area contributed by atoms with Gasteiger partial charge in [-0.15, -0.1) is 0 Å². The summed E-state index contributed by atoms with van der Waals surface area (Å²) in [6.45, 7) is 13.6. The molecule has 2 saturated heterocycles. The fraction of sp³-hybridized carbons (Fsp3) is 0.682. The van der Waals surface area contributed by atoms with Crippen molar-refractivity contribution < 1.29 is 14.3 Å². The number of aryl methyl sites for hydroxylation is 1. The Morgan fingerprint density at radius 3 is 2.59 bits per heavy atom. The van der Waals surface area contributed by atoms with E-state index in [0.29, 0.717) is 12.7 Å². The van der Waals surface area contributed by atoms with Crippen LogP contribution in [0.25, 0.3) is 0 Å². The van der Waals surface area contributed by atoms with E-state index in [1.54, 1.807) is 0 Å². The van der Waals surface area contributed by atoms with E-state index >= 15 is 0 Å². The van der Waals surface area contributed by atoms with E-state index in [-0.39, 0.29) is 11.5 Å². The van der Waals surface area contributed by atoms with Crippen LogP contribution in [-0.2, 0) is 4.74 Å². The van der Waals surface area contributed by atoms with Crippen LogP contribution in [0.2, 0.25) is 0 Å². The molecule has 0 bridgehead atoms. The average molecular weight is 375 g/mol. The van der Waals surface area contributed by atoms with Gasteiger partial charge in [0.1, 0.15) is 5.75 Å². The van der Waals surface area contributed by atoms with Crippen molar-refractivity contribution >= 4 is 5.91 Å². The maximum Gasteiger partial charge on any atom is 0.253 e. The van der Waals surface area contributed by atoms with Crippen LogP contribution in [0.5, 0.6) is 5.75 Å². The normalized spacial score (nSPS) is 22.8. The zero-order valence-corrected chi connectivity index (χ0v) is 17.3. The summed E-state index contributed by atoms with van der Waals surface area (Å²) in [4.78, 5) is 17.5. The van der Waals surface area contributed by atoms with Gasteiger partial charge in [-0.1, -0.05) is 13.8 Å². The maximum absolute atomic E-state index is 13.0. The highest BCUT2D eigenvalue weighted by Crippen LogP contribution is 2.33. The van der Waals surface area contributed by atoms with Crippen LogP contribution >= 0.6 is 0 Å². The number of likely N-dealkylation sites (N-methyl/N-ethyl adjacent to an activating group) is 1. The molecule has 0 radical (unpaired) electrons. The Morgan fingerprint density at radius 2 is 2.00 bits per heavy atom. The molecule has 2 aliphatic heterocycles. The Hall–Kier alpha value is -1.59. The third-order valence-electron chi connectivity index (χ3n) is 5.98. The van der Waals surface area contributed by atoms with Crippen molar-refractivity contribution in [3.05, 3.63) is 29.3 Å². The zero-order valence-electron chi connectivity index (χ0n) is 17.3. The van der Waals surface area contributed by atoms with Crippen LogP contribution in [0.1, 0.15) is 56.0 Å². The van der Waals surface area contributed by atoms with Crippen molar-refractivity contribution in [2.75, 3.05) is 39.3 Å². The molecule has 1 aromatic rings. The Labute approximate surface area is 163 Å². The number of likely N-dealkylation sites (tertiary alicyclic amines) is 1. The molecule has 2 aliphatic rings. The van der Waals surface area contributed by atoms with Gasteiger partial charge in [0, 0.05) is 31.7 Å². The predicted molar refractivity (Wildman–Crippen MR) is 107 cm³/mol. The van der Waals surface area contributed by atoms with E-state index in [2.05, 4.69) is 18.7 Å². The predicted octanol–water partition coefficient (Wildman–Crippen LogP) is 3.50. The minimum atomic E-state index is -0.0829. The molecule has 2 fully saturated rings. The van der Waals surface area contributed by atoms with Crippen LogP contribution in [0.3, 0.4) is 0 Å². The van der Waals surface area contributed by atoms with Crippen LogP contribution in [0, 0.1) is 6.92 Å². The van der Waals surface area contributed by atoms with E-state index in [1.165, 1.54) is 0 Å². The van der Waals surface area contributed by atoms with E-state index in [9.17, 15) is 4.79 Å². The summed E-state index contributed by atoms with van der Waals surface area (Å²) in [5.41, 5.74) is 1.68. The summed E-state index contributed by atoms with van der Waals surface area (Å²) in [6, 6.07) is 5.74. The number of ether oxygens (including phenoxy) is 2. The molecule has 0 N–H and O–H groups in total. The Balaban J connectivity index is 1.64. The molecule has 1 atom stereocenters. The van der Waals surface area contributed by atoms with E-state index in [4.69, 9.17) is 9.47 Å². The molecular formula is C22H34N2O3. The number of benzene rings is 1. The van der Waals surface area contributed by atoms with Crippen LogP contribution in [-0.4, -0.2) is 66.7 Å². The third-order valence-corrected chi connectivity index (χ3v) is 5.98. The monoisotopic (exact) mass is 374 g/mol. The number of amides is 1. The topological polar surface area (TPSA) is 42.0 Å². The van der Waals surface area contributed by atoms with Crippen LogP contribution in [0.15, 0.2) is 18.2 Å². The number of rotatable bonds is 5. The van der Waals surface area contributed by atoms with Gasteiger partial charge in [0.05, 0.1) is 18.3 Å². The molecule has 5 heteroatoms. The van der Waals surface area contributed by atoms with Gasteiger partial charge < -0.3 is 14.4 Å². The standard InChI is InChI=1S/C22H34N2O3/c1-5-19-15-23(6-2)16-22(27-19)10-12-24(13-11-22)21(25)18-8-9-20(26-7-3)17(4)14-18/h8-9,14,19H,5-7,10-13,15-16H2,1-4H3. The fourth-order valence-electron chi connectivity index (χ4n) is 4.32. The zero-order chi connectivity index (χ0) is 19.4. The molecule has 3 rings (SSSR count). The molecule has 1 aromatic carbocycles. The number of hydrogen-bond donors (Lipinski definition) is 0. The lowest BCUT2D eigenvalue weighted by molar-refractivity contribution is -0.172. The van der Waals surface area contributed by atoms with Crippen LogP contribution < -0.4 is 4.74 Å². The summed E-state index contributed by atoms with van der Waals surface area (Å²) in [5.74, 6) is 0.971. The minimum absolute atomic E-state index is 0.0829. The van der Waals surface area contributed by atoms with Crippen molar-refractivity contribution in [1.82, 2.24) is 9.80 Å². The lowest BCUT2D eigenvalue weighted by atomic mass is 9.88. The maximum atomic E-state index is 13.0. The highest BCUT2D eigenvalue weighted by atomic mass is 16.5. The molecule has 1 spiro atoms. The minimum Gasteiger partial charge on any atom is -0.494 e. The molecule has 0 aromatic heterocycles. The second kappa shape index (κ2) is 8.61. The van der Waals surface area contributed by atoms with Gasteiger partial charge in [-0.3, -0.25) is 9.69 Å². The summed E-state index contributed by atoms with van der Waals surface area (Å²) in [5, 5.41) is 0. The molecule has 1 amide bonds. The lowest BCUT2D eigenvalue weighted by Crippen LogP contribution is -2.59. The summed E-state index contributed by atoms with van der Waals surface area (Å²) < 4.78 is 12.1. The summed E-state index contributed by atoms with van der Waals surface area (Å²) >= 11 is 0. The third kappa shape index (κ3) is 4.46. The molecule has 150 valence electrons. The molecule has 2 heterocycles. The number of piperidine rings is 1. The molecule has 27 heavy (non-hydrogen) atoms. The number of carbonyl (C=O) groups excluding carboxylic acids is 1. The smallest absolute Gasteiger partial charge is 0.253 e. The second-order valence-corrected chi connectivity index (χ2v) is 7.86. The molecule has 0 saturated carbocycles. The van der Waals surface area contributed by atoms with E-state index < -0.39 is 0 Å². The van der Waals surface area contributed by atoms with Crippen molar-refractivity contribution in [3.63, 3.8) is 0 Å². The van der Waals surface area contributed by atoms with Gasteiger partial charge in [0.15, 0.2) is 0 Å². The largest absolute Gasteiger partial charge is 0.494 e. The van der Waals surface area contributed by atoms with E-state index in [0.717, 1.165) is 68.9 Å². The highest BCUT2D eigenvalue weighted by molar-refractivity contribution is 5.94. The molecule has 1 unspecified atom stereocenters. The fourth-order valence-corrected chi connectivity index (χ4v) is 4.32. The number of carbonyl (C=O) groups is 1. The van der Waals surface area contributed by atoms with Gasteiger partial charge in [-0.05, 0) is 63.4 Å². The molecule has 0 aliphatic carbocycles. The summed E-state index contributed by atoms with van der Waals surface area (Å²) in [7, 11) is 0. The average Bonchev–Trinajstić information content (AvgIpc) is 2.69. The SMILES string of the molecule is CCOc1ccc(C(=O)N2CCC3(CC2)CN(CC)CC(CC)O3)cc1C. The Kier molecular flexibility index (Phi) is 6.43. The lowest BCUT2D eigenvalue weighted by Gasteiger charge is -2.50. The number of morpholine rings is 1. The van der Waals surface area contributed by atoms with Crippen molar-refractivity contribution in [2.45, 2.75) is 58.7 Å². The highest BCUT2D eigenvalue weighted by Gasteiger charge is 2.42. The second-order valence-electron chi connectivity index (χ2n) is 7.86. The van der Waals surface area contributed by atoms with E-state index in [1.807, 2.05) is 36.9 Å². The number of nitrogens with zero attached hydrogens (tertiary/aromatic N) is 2. The Bertz CT molecular complexity index is 639. The quantitative estimate of drug-likeness (QED) is 0.791. The van der Waals surface area contributed by atoms with Gasteiger partial charge in [-0.25, -0.2) is 0 Å². The molecule has 5 nitrogen and oxygen atoms in total. The first-order valence-corrected chi connectivity index (χ1v) is 10.4. The summed E-state index contributed by atoms with van der Waals surface area (Å²) in [6.07, 6.45) is 3.20. The molecular weight excluding hydrogens is 340 g/mol. The van der Waals surface area contributed by atoms with Gasteiger partial charge in [-0.2, -0.15) is 0 Å². The van der Waals surface area contributed by atoms with Crippen LogP contribution in [0.4, 0.5) is 0 Å². The van der Waals surface area contributed by atoms with Crippen molar-refractivity contribution in [1.29, 1.82) is 0 Å². The van der Waals surface area contributed by atoms with Crippen molar-refractivity contribution in [2.24, 2.45) is 0 Å². The van der Waals surface area contributed by atoms with Gasteiger partial charge >= 0.3 is 0 Å². The number of hydrogen-bond acceptors (Lipinski definition) is 4. The van der Waals surface area contributed by atoms with Gasteiger partial charge in [0.25, 0.3) is 5.91 Å². The first-order valence-electron chi connectivity index (χ1n) is 10.4. The van der Waals surface area contributed by atoms with Crippen molar-refractivity contribution in [3.8, 4) is 5.75 Å². The first kappa shape index (κ1) is 20.2. The Morgan fingerprint density at radius 1 is 1.26 bits per heavy atom.